The number of hydrogen-bond acceptors (Lipinski definition) is 1. The zero-order valence-corrected chi connectivity index (χ0v) is 10.2. The van der Waals surface area contributed by atoms with E-state index in [1.54, 1.807) is 7.11 Å². The monoisotopic (exact) mass is 221 g/mol. The van der Waals surface area contributed by atoms with Crippen molar-refractivity contribution in [2.45, 2.75) is 45.1 Å². The van der Waals surface area contributed by atoms with Crippen molar-refractivity contribution in [2.24, 2.45) is 0 Å². The van der Waals surface area contributed by atoms with E-state index in [0.29, 0.717) is 0 Å². The van der Waals surface area contributed by atoms with Crippen LogP contribution in [0.25, 0.3) is 0 Å². The van der Waals surface area contributed by atoms with Gasteiger partial charge in [0.05, 0.1) is 7.11 Å². The highest BCUT2D eigenvalue weighted by atomic mass is 16.5. The van der Waals surface area contributed by atoms with E-state index < -0.39 is 6.10 Å². The molecule has 1 unspecified atom stereocenters. The Morgan fingerprint density at radius 2 is 2.06 bits per heavy atom. The van der Waals surface area contributed by atoms with Crippen LogP contribution in [-0.4, -0.2) is 7.11 Å². The van der Waals surface area contributed by atoms with Crippen molar-refractivity contribution in [1.29, 1.82) is 0 Å². The second-order valence-electron chi connectivity index (χ2n) is 4.11. The maximum Gasteiger partial charge on any atom is 0.119 e. The molecule has 0 amide bonds. The Morgan fingerprint density at radius 1 is 1.25 bits per heavy atom. The second-order valence-corrected chi connectivity index (χ2v) is 4.11. The minimum atomic E-state index is -0.605. The minimum absolute atomic E-state index is 0.605. The minimum Gasteiger partial charge on any atom is -0.497 e. The van der Waals surface area contributed by atoms with E-state index in [1.807, 2.05) is 24.3 Å². The zero-order chi connectivity index (χ0) is 11.8. The van der Waals surface area contributed by atoms with Gasteiger partial charge in [0, 0.05) is 0 Å². The maximum atomic E-state index is 11.9. The van der Waals surface area contributed by atoms with Crippen LogP contribution in [0, 0.1) is 0 Å². The van der Waals surface area contributed by atoms with Crippen LogP contribution in [-0.2, 0) is 5.11 Å². The summed E-state index contributed by atoms with van der Waals surface area (Å²) in [5, 5.41) is 11.9. The average molecular weight is 221 g/mol. The van der Waals surface area contributed by atoms with Gasteiger partial charge in [-0.1, -0.05) is 44.7 Å². The predicted molar refractivity (Wildman–Crippen MR) is 65.2 cm³/mol. The lowest BCUT2D eigenvalue weighted by molar-refractivity contribution is 0.0784. The quantitative estimate of drug-likeness (QED) is 0.636. The Labute approximate surface area is 98.3 Å². The van der Waals surface area contributed by atoms with Crippen molar-refractivity contribution in [3.05, 3.63) is 29.8 Å². The van der Waals surface area contributed by atoms with Gasteiger partial charge in [0.15, 0.2) is 0 Å². The van der Waals surface area contributed by atoms with Gasteiger partial charge in [-0.3, -0.25) is 0 Å². The molecule has 0 spiro atoms. The summed E-state index contributed by atoms with van der Waals surface area (Å²) in [7, 11) is 1.63. The molecule has 0 saturated carbocycles. The van der Waals surface area contributed by atoms with Crippen LogP contribution in [0.1, 0.15) is 50.7 Å². The summed E-state index contributed by atoms with van der Waals surface area (Å²) in [5.74, 6) is 0.770. The fourth-order valence-electron chi connectivity index (χ4n) is 1.76. The highest BCUT2D eigenvalue weighted by molar-refractivity contribution is 5.29. The highest BCUT2D eigenvalue weighted by Crippen LogP contribution is 2.23. The molecule has 0 aliphatic heterocycles. The molecule has 0 saturated heterocycles. The fraction of sp³-hybridized carbons (Fsp3) is 0.571. The lowest BCUT2D eigenvalue weighted by Crippen LogP contribution is -1.96. The third-order valence-electron chi connectivity index (χ3n) is 2.79. The summed E-state index contributed by atoms with van der Waals surface area (Å²) >= 11 is 0. The first-order chi connectivity index (χ1) is 7.77. The van der Waals surface area contributed by atoms with Gasteiger partial charge >= 0.3 is 0 Å². The van der Waals surface area contributed by atoms with Gasteiger partial charge in [-0.15, -0.1) is 0 Å². The van der Waals surface area contributed by atoms with Crippen LogP contribution >= 0.6 is 0 Å². The molecule has 0 aliphatic rings. The standard InChI is InChI=1S/C14H21O2/c1-3-4-5-6-10-14(15)12-8-7-9-13(11-12)16-2/h7-9,11,14H,3-6,10H2,1-2H3. The number of ether oxygens (including phenoxy) is 1. The van der Waals surface area contributed by atoms with Gasteiger partial charge in [-0.2, -0.15) is 0 Å². The van der Waals surface area contributed by atoms with Gasteiger partial charge in [0.25, 0.3) is 0 Å². The Bertz CT molecular complexity index is 297. The molecule has 16 heavy (non-hydrogen) atoms. The fourth-order valence-corrected chi connectivity index (χ4v) is 1.76. The Kier molecular flexibility index (Phi) is 5.94. The molecule has 1 aromatic rings. The number of methoxy groups -OCH3 is 1. The van der Waals surface area contributed by atoms with Crippen LogP contribution in [0.2, 0.25) is 0 Å². The van der Waals surface area contributed by atoms with Crippen molar-refractivity contribution in [3.63, 3.8) is 0 Å². The van der Waals surface area contributed by atoms with E-state index in [1.165, 1.54) is 19.3 Å². The molecule has 0 aromatic heterocycles. The van der Waals surface area contributed by atoms with E-state index in [4.69, 9.17) is 4.74 Å². The molecule has 1 atom stereocenters. The van der Waals surface area contributed by atoms with E-state index in [9.17, 15) is 5.11 Å². The SMILES string of the molecule is CCCCCCC([O])c1cccc(OC)c1. The van der Waals surface area contributed by atoms with Crippen LogP contribution in [0.5, 0.6) is 5.75 Å². The molecule has 0 N–H and O–H groups in total. The normalized spacial score (nSPS) is 12.4. The number of rotatable bonds is 7. The third kappa shape index (κ3) is 4.23. The molecule has 1 radical (unpaired) electrons. The van der Waals surface area contributed by atoms with Crippen LogP contribution in [0.3, 0.4) is 0 Å². The predicted octanol–water partition coefficient (Wildman–Crippen LogP) is 4.14. The number of unbranched alkanes of at least 4 members (excludes halogenated alkanes) is 3. The molecule has 0 heterocycles. The van der Waals surface area contributed by atoms with Crippen LogP contribution in [0.15, 0.2) is 24.3 Å². The summed E-state index contributed by atoms with van der Waals surface area (Å²) in [6.07, 6.45) is 4.76. The Hall–Kier alpha value is -1.02. The second kappa shape index (κ2) is 7.29. The smallest absolute Gasteiger partial charge is 0.119 e. The molecular formula is C14H21O2. The number of benzene rings is 1. The highest BCUT2D eigenvalue weighted by Gasteiger charge is 2.09. The molecule has 2 nitrogen and oxygen atoms in total. The zero-order valence-electron chi connectivity index (χ0n) is 10.2. The summed E-state index contributed by atoms with van der Waals surface area (Å²) in [6, 6.07) is 7.48. The topological polar surface area (TPSA) is 29.1 Å². The molecular weight excluding hydrogens is 200 g/mol. The van der Waals surface area contributed by atoms with Crippen LogP contribution in [0.4, 0.5) is 0 Å². The summed E-state index contributed by atoms with van der Waals surface area (Å²) in [6.45, 7) is 2.18. The first-order valence-corrected chi connectivity index (χ1v) is 6.07. The largest absolute Gasteiger partial charge is 0.497 e. The van der Waals surface area contributed by atoms with Gasteiger partial charge in [0.2, 0.25) is 0 Å². The molecule has 0 aliphatic carbocycles. The van der Waals surface area contributed by atoms with Gasteiger partial charge in [-0.05, 0) is 24.1 Å². The molecule has 0 bridgehead atoms. The molecule has 1 rings (SSSR count). The van der Waals surface area contributed by atoms with E-state index >= 15 is 0 Å². The Morgan fingerprint density at radius 3 is 2.75 bits per heavy atom. The van der Waals surface area contributed by atoms with Gasteiger partial charge in [-0.25, -0.2) is 5.11 Å². The molecule has 89 valence electrons. The van der Waals surface area contributed by atoms with Crippen molar-refractivity contribution < 1.29 is 9.84 Å². The van der Waals surface area contributed by atoms with Crippen molar-refractivity contribution in [1.82, 2.24) is 0 Å². The van der Waals surface area contributed by atoms with E-state index in [2.05, 4.69) is 6.92 Å². The number of hydrogen-bond donors (Lipinski definition) is 0. The summed E-state index contributed by atoms with van der Waals surface area (Å²) in [4.78, 5) is 0. The van der Waals surface area contributed by atoms with Gasteiger partial charge < -0.3 is 4.74 Å². The molecule has 0 fully saturated rings. The lowest BCUT2D eigenvalue weighted by Gasteiger charge is -2.09. The molecule has 1 aromatic carbocycles. The Balaban J connectivity index is 2.42. The van der Waals surface area contributed by atoms with Crippen molar-refractivity contribution in [3.8, 4) is 5.75 Å². The van der Waals surface area contributed by atoms with E-state index in [-0.39, 0.29) is 0 Å². The van der Waals surface area contributed by atoms with Crippen molar-refractivity contribution >= 4 is 0 Å². The lowest BCUT2D eigenvalue weighted by atomic mass is 10.0. The first kappa shape index (κ1) is 13.0. The van der Waals surface area contributed by atoms with Gasteiger partial charge in [0.1, 0.15) is 11.9 Å². The van der Waals surface area contributed by atoms with E-state index in [0.717, 1.165) is 24.2 Å². The summed E-state index contributed by atoms with van der Waals surface area (Å²) in [5.41, 5.74) is 0.843. The maximum absolute atomic E-state index is 11.9. The first-order valence-electron chi connectivity index (χ1n) is 6.07. The summed E-state index contributed by atoms with van der Waals surface area (Å²) < 4.78 is 5.11. The van der Waals surface area contributed by atoms with Crippen molar-refractivity contribution in [2.75, 3.05) is 7.11 Å². The van der Waals surface area contributed by atoms with Crippen LogP contribution < -0.4 is 4.74 Å². The third-order valence-corrected chi connectivity index (χ3v) is 2.79. The molecule has 2 heteroatoms. The average Bonchev–Trinajstić information content (AvgIpc) is 2.34.